The third-order valence-electron chi connectivity index (χ3n) is 1.87. The van der Waals surface area contributed by atoms with Gasteiger partial charge in [-0.1, -0.05) is 12.2 Å². The van der Waals surface area contributed by atoms with Gasteiger partial charge >= 0.3 is 0 Å². The highest BCUT2D eigenvalue weighted by molar-refractivity contribution is 4.90. The van der Waals surface area contributed by atoms with E-state index in [1.165, 1.54) is 25.8 Å². The average molecular weight is 125 g/mol. The molecule has 0 radical (unpaired) electrons. The molecule has 1 unspecified atom stereocenters. The summed E-state index contributed by atoms with van der Waals surface area (Å²) in [5.74, 6) is 0.903. The summed E-state index contributed by atoms with van der Waals surface area (Å²) >= 11 is 0. The van der Waals surface area contributed by atoms with Crippen LogP contribution in [-0.4, -0.2) is 13.6 Å². The van der Waals surface area contributed by atoms with E-state index in [9.17, 15) is 0 Å². The van der Waals surface area contributed by atoms with Gasteiger partial charge in [0.1, 0.15) is 0 Å². The van der Waals surface area contributed by atoms with Crippen LogP contribution in [0.15, 0.2) is 12.2 Å². The molecule has 0 aromatic heterocycles. The van der Waals surface area contributed by atoms with Crippen LogP contribution in [-0.2, 0) is 0 Å². The van der Waals surface area contributed by atoms with Crippen molar-refractivity contribution in [2.75, 3.05) is 13.6 Å². The van der Waals surface area contributed by atoms with Crippen molar-refractivity contribution in [3.63, 3.8) is 0 Å². The SMILES string of the molecule is CNCC1CC=CCC1. The van der Waals surface area contributed by atoms with Gasteiger partial charge in [0, 0.05) is 0 Å². The van der Waals surface area contributed by atoms with Crippen molar-refractivity contribution in [3.05, 3.63) is 12.2 Å². The first-order chi connectivity index (χ1) is 4.43. The fraction of sp³-hybridized carbons (Fsp3) is 0.750. The minimum atomic E-state index is 0.903. The Morgan fingerprint density at radius 1 is 1.56 bits per heavy atom. The molecule has 0 aromatic rings. The number of hydrogen-bond acceptors (Lipinski definition) is 1. The number of rotatable bonds is 2. The summed E-state index contributed by atoms with van der Waals surface area (Å²) in [6.45, 7) is 1.18. The van der Waals surface area contributed by atoms with Crippen LogP contribution in [0, 0.1) is 5.92 Å². The normalized spacial score (nSPS) is 26.6. The molecular weight excluding hydrogens is 110 g/mol. The second-order valence-corrected chi connectivity index (χ2v) is 2.71. The molecule has 0 spiro atoms. The number of nitrogens with one attached hydrogen (secondary N) is 1. The van der Waals surface area contributed by atoms with Crippen molar-refractivity contribution in [3.8, 4) is 0 Å². The van der Waals surface area contributed by atoms with Crippen LogP contribution in [0.1, 0.15) is 19.3 Å². The lowest BCUT2D eigenvalue weighted by Crippen LogP contribution is -2.19. The fourth-order valence-electron chi connectivity index (χ4n) is 1.33. The molecule has 0 bridgehead atoms. The Morgan fingerprint density at radius 2 is 2.44 bits per heavy atom. The molecular formula is C8H15N. The first kappa shape index (κ1) is 6.81. The van der Waals surface area contributed by atoms with Gasteiger partial charge in [-0.05, 0) is 38.8 Å². The van der Waals surface area contributed by atoms with E-state index in [1.54, 1.807) is 0 Å². The molecule has 0 fully saturated rings. The molecule has 1 rings (SSSR count). The maximum absolute atomic E-state index is 3.20. The molecule has 0 saturated carbocycles. The van der Waals surface area contributed by atoms with Crippen LogP contribution < -0.4 is 5.32 Å². The highest BCUT2D eigenvalue weighted by Gasteiger charge is 2.06. The average Bonchev–Trinajstić information content (AvgIpc) is 1.91. The second kappa shape index (κ2) is 3.67. The first-order valence-electron chi connectivity index (χ1n) is 3.73. The maximum atomic E-state index is 3.20. The lowest BCUT2D eigenvalue weighted by Gasteiger charge is -2.16. The molecule has 1 nitrogen and oxygen atoms in total. The lowest BCUT2D eigenvalue weighted by molar-refractivity contribution is 0.459. The van der Waals surface area contributed by atoms with Crippen molar-refractivity contribution < 1.29 is 0 Å². The Kier molecular flexibility index (Phi) is 2.78. The van der Waals surface area contributed by atoms with E-state index in [0.717, 1.165) is 5.92 Å². The summed E-state index contributed by atoms with van der Waals surface area (Å²) < 4.78 is 0. The molecule has 0 aliphatic heterocycles. The van der Waals surface area contributed by atoms with Gasteiger partial charge in [0.15, 0.2) is 0 Å². The van der Waals surface area contributed by atoms with Crippen LogP contribution in [0.25, 0.3) is 0 Å². The van der Waals surface area contributed by atoms with Gasteiger partial charge in [0.25, 0.3) is 0 Å². The summed E-state index contributed by atoms with van der Waals surface area (Å²) in [5.41, 5.74) is 0. The molecule has 1 aliphatic carbocycles. The van der Waals surface area contributed by atoms with Crippen molar-refractivity contribution in [1.82, 2.24) is 5.32 Å². The standard InChI is InChI=1S/C8H15N/c1-9-7-8-5-3-2-4-6-8/h2-3,8-9H,4-7H2,1H3. The Morgan fingerprint density at radius 3 is 3.00 bits per heavy atom. The number of hydrogen-bond donors (Lipinski definition) is 1. The van der Waals surface area contributed by atoms with E-state index in [2.05, 4.69) is 17.5 Å². The van der Waals surface area contributed by atoms with E-state index in [1.807, 2.05) is 7.05 Å². The molecule has 1 heteroatoms. The van der Waals surface area contributed by atoms with Crippen LogP contribution in [0.2, 0.25) is 0 Å². The van der Waals surface area contributed by atoms with E-state index in [0.29, 0.717) is 0 Å². The first-order valence-corrected chi connectivity index (χ1v) is 3.73. The van der Waals surface area contributed by atoms with Gasteiger partial charge < -0.3 is 5.32 Å². The summed E-state index contributed by atoms with van der Waals surface area (Å²) in [7, 11) is 2.03. The fourth-order valence-corrected chi connectivity index (χ4v) is 1.33. The summed E-state index contributed by atoms with van der Waals surface area (Å²) in [6, 6.07) is 0. The van der Waals surface area contributed by atoms with Gasteiger partial charge in [-0.25, -0.2) is 0 Å². The highest BCUT2D eigenvalue weighted by atomic mass is 14.8. The molecule has 0 aromatic carbocycles. The minimum absolute atomic E-state index is 0.903. The quantitative estimate of drug-likeness (QED) is 0.552. The third kappa shape index (κ3) is 2.19. The van der Waals surface area contributed by atoms with Gasteiger partial charge in [0.2, 0.25) is 0 Å². The van der Waals surface area contributed by atoms with Gasteiger partial charge in [0.05, 0.1) is 0 Å². The Bertz CT molecular complexity index is 96.7. The number of allylic oxidation sites excluding steroid dienone is 2. The molecule has 0 amide bonds. The van der Waals surface area contributed by atoms with Gasteiger partial charge in [-0.3, -0.25) is 0 Å². The summed E-state index contributed by atoms with van der Waals surface area (Å²) in [6.07, 6.45) is 8.52. The predicted molar refractivity (Wildman–Crippen MR) is 40.4 cm³/mol. The molecule has 1 atom stereocenters. The Labute approximate surface area is 57.1 Å². The predicted octanol–water partition coefficient (Wildman–Crippen LogP) is 1.56. The van der Waals surface area contributed by atoms with E-state index in [4.69, 9.17) is 0 Å². The van der Waals surface area contributed by atoms with Crippen molar-refractivity contribution in [2.45, 2.75) is 19.3 Å². The van der Waals surface area contributed by atoms with Crippen LogP contribution in [0.3, 0.4) is 0 Å². The monoisotopic (exact) mass is 125 g/mol. The van der Waals surface area contributed by atoms with E-state index in [-0.39, 0.29) is 0 Å². The summed E-state index contributed by atoms with van der Waals surface area (Å²) in [5, 5.41) is 3.20. The zero-order valence-corrected chi connectivity index (χ0v) is 6.06. The largest absolute Gasteiger partial charge is 0.319 e. The van der Waals surface area contributed by atoms with Crippen molar-refractivity contribution in [1.29, 1.82) is 0 Å². The van der Waals surface area contributed by atoms with Crippen molar-refractivity contribution in [2.24, 2.45) is 5.92 Å². The Hall–Kier alpha value is -0.300. The smallest absolute Gasteiger partial charge is 0.00204 e. The molecule has 0 saturated heterocycles. The minimum Gasteiger partial charge on any atom is -0.319 e. The molecule has 1 aliphatic rings. The highest BCUT2D eigenvalue weighted by Crippen LogP contribution is 2.16. The molecule has 1 N–H and O–H groups in total. The van der Waals surface area contributed by atoms with Gasteiger partial charge in [-0.15, -0.1) is 0 Å². The molecule has 52 valence electrons. The van der Waals surface area contributed by atoms with Crippen LogP contribution >= 0.6 is 0 Å². The zero-order chi connectivity index (χ0) is 6.53. The second-order valence-electron chi connectivity index (χ2n) is 2.71. The van der Waals surface area contributed by atoms with E-state index >= 15 is 0 Å². The molecule has 9 heavy (non-hydrogen) atoms. The van der Waals surface area contributed by atoms with Crippen LogP contribution in [0.4, 0.5) is 0 Å². The summed E-state index contributed by atoms with van der Waals surface area (Å²) in [4.78, 5) is 0. The van der Waals surface area contributed by atoms with Crippen LogP contribution in [0.5, 0.6) is 0 Å². The zero-order valence-electron chi connectivity index (χ0n) is 6.06. The maximum Gasteiger partial charge on any atom is -0.00204 e. The third-order valence-corrected chi connectivity index (χ3v) is 1.87. The van der Waals surface area contributed by atoms with E-state index < -0.39 is 0 Å². The van der Waals surface area contributed by atoms with Crippen molar-refractivity contribution >= 4 is 0 Å². The lowest BCUT2D eigenvalue weighted by atomic mass is 9.95. The van der Waals surface area contributed by atoms with Gasteiger partial charge in [-0.2, -0.15) is 0 Å². The Balaban J connectivity index is 2.18. The topological polar surface area (TPSA) is 12.0 Å². The molecule has 0 heterocycles.